The number of anilines is 1. The summed E-state index contributed by atoms with van der Waals surface area (Å²) < 4.78 is 0.563. The fourth-order valence-electron chi connectivity index (χ4n) is 1.61. The zero-order valence-electron chi connectivity index (χ0n) is 7.19. The van der Waals surface area contributed by atoms with E-state index in [9.17, 15) is 0 Å². The van der Waals surface area contributed by atoms with Gasteiger partial charge < -0.3 is 5.32 Å². The zero-order chi connectivity index (χ0) is 9.54. The van der Waals surface area contributed by atoms with Crippen molar-refractivity contribution < 1.29 is 0 Å². The van der Waals surface area contributed by atoms with E-state index in [0.717, 1.165) is 23.3 Å². The molecule has 0 aliphatic carbocycles. The molecule has 0 saturated carbocycles. The van der Waals surface area contributed by atoms with Crippen LogP contribution >= 0.6 is 12.2 Å². The Morgan fingerprint density at radius 1 is 1.29 bits per heavy atom. The number of hydrogen-bond acceptors (Lipinski definition) is 5. The van der Waals surface area contributed by atoms with E-state index in [2.05, 4.69) is 20.3 Å². The molecular formula is C9H6N4S. The Morgan fingerprint density at radius 2 is 2.21 bits per heavy atom. The molecule has 0 unspecified atom stereocenters. The molecule has 1 aliphatic heterocycles. The molecule has 5 heteroatoms. The van der Waals surface area contributed by atoms with Crippen molar-refractivity contribution in [1.29, 1.82) is 0 Å². The topological polar surface area (TPSA) is 50.7 Å². The third-order valence-corrected chi connectivity index (χ3v) is 2.47. The Balaban J connectivity index is 2.62. The summed E-state index contributed by atoms with van der Waals surface area (Å²) in [4.78, 5) is 12.5. The molecule has 68 valence electrons. The van der Waals surface area contributed by atoms with Gasteiger partial charge in [-0.3, -0.25) is 0 Å². The SMILES string of the molecule is S=c1ccc2c3c(ncnc3n1)NC2. The van der Waals surface area contributed by atoms with Gasteiger partial charge in [-0.2, -0.15) is 0 Å². The normalized spacial score (nSPS) is 12.9. The average molecular weight is 202 g/mol. The molecule has 3 heterocycles. The van der Waals surface area contributed by atoms with Crippen molar-refractivity contribution in [3.8, 4) is 0 Å². The molecule has 14 heavy (non-hydrogen) atoms. The Labute approximate surface area is 85.1 Å². The predicted molar refractivity (Wildman–Crippen MR) is 55.5 cm³/mol. The first kappa shape index (κ1) is 7.75. The van der Waals surface area contributed by atoms with Gasteiger partial charge >= 0.3 is 0 Å². The summed E-state index contributed by atoms with van der Waals surface area (Å²) in [5.41, 5.74) is 1.82. The molecule has 0 bridgehead atoms. The predicted octanol–water partition coefficient (Wildman–Crippen LogP) is 1.68. The highest BCUT2D eigenvalue weighted by atomic mass is 32.1. The molecule has 0 spiro atoms. The Hall–Kier alpha value is -1.62. The number of nitrogens with zero attached hydrogens (tertiary/aromatic N) is 3. The first-order valence-electron chi connectivity index (χ1n) is 4.23. The quantitative estimate of drug-likeness (QED) is 0.659. The summed E-state index contributed by atoms with van der Waals surface area (Å²) in [6.45, 7) is 0.773. The Bertz CT molecular complexity index is 581. The van der Waals surface area contributed by atoms with Crippen molar-refractivity contribution in [3.63, 3.8) is 0 Å². The van der Waals surface area contributed by atoms with Gasteiger partial charge in [0.05, 0.1) is 5.39 Å². The van der Waals surface area contributed by atoms with Crippen LogP contribution in [0, 0.1) is 4.64 Å². The molecule has 4 nitrogen and oxygen atoms in total. The van der Waals surface area contributed by atoms with Crippen LogP contribution in [-0.2, 0) is 6.54 Å². The van der Waals surface area contributed by atoms with Crippen LogP contribution in [0.5, 0.6) is 0 Å². The monoisotopic (exact) mass is 202 g/mol. The van der Waals surface area contributed by atoms with E-state index in [1.54, 1.807) is 0 Å². The second-order valence-electron chi connectivity index (χ2n) is 3.08. The lowest BCUT2D eigenvalue weighted by Gasteiger charge is -1.93. The van der Waals surface area contributed by atoms with Crippen molar-refractivity contribution >= 4 is 29.1 Å². The van der Waals surface area contributed by atoms with Crippen LogP contribution in [0.25, 0.3) is 11.0 Å². The van der Waals surface area contributed by atoms with Crippen LogP contribution in [0.15, 0.2) is 18.5 Å². The van der Waals surface area contributed by atoms with Crippen molar-refractivity contribution in [2.75, 3.05) is 5.32 Å². The summed E-state index contributed by atoms with van der Waals surface area (Å²) >= 11 is 5.04. The highest BCUT2D eigenvalue weighted by molar-refractivity contribution is 7.71. The van der Waals surface area contributed by atoms with Crippen LogP contribution in [0.3, 0.4) is 0 Å². The van der Waals surface area contributed by atoms with E-state index in [4.69, 9.17) is 12.2 Å². The maximum absolute atomic E-state index is 5.04. The minimum absolute atomic E-state index is 0.563. The van der Waals surface area contributed by atoms with Crippen LogP contribution < -0.4 is 5.32 Å². The molecule has 2 aromatic rings. The molecule has 0 radical (unpaired) electrons. The van der Waals surface area contributed by atoms with Gasteiger partial charge in [0.2, 0.25) is 0 Å². The molecule has 0 aromatic carbocycles. The van der Waals surface area contributed by atoms with Crippen molar-refractivity contribution in [3.05, 3.63) is 28.7 Å². The molecule has 0 atom stereocenters. The third-order valence-electron chi connectivity index (χ3n) is 2.24. The van der Waals surface area contributed by atoms with Crippen LogP contribution in [0.2, 0.25) is 0 Å². The lowest BCUT2D eigenvalue weighted by molar-refractivity contribution is 1.15. The summed E-state index contributed by atoms with van der Waals surface area (Å²) in [6, 6.07) is 3.80. The second kappa shape index (κ2) is 2.68. The summed E-state index contributed by atoms with van der Waals surface area (Å²) in [5, 5.41) is 4.17. The molecule has 1 N–H and O–H groups in total. The van der Waals surface area contributed by atoms with E-state index in [1.807, 2.05) is 12.1 Å². The average Bonchev–Trinajstić information content (AvgIpc) is 2.51. The van der Waals surface area contributed by atoms with Gasteiger partial charge in [-0.25, -0.2) is 15.0 Å². The first-order chi connectivity index (χ1) is 6.84. The third kappa shape index (κ3) is 0.990. The van der Waals surface area contributed by atoms with Gasteiger partial charge in [0.1, 0.15) is 16.8 Å². The second-order valence-corrected chi connectivity index (χ2v) is 3.50. The molecule has 1 aliphatic rings. The zero-order valence-corrected chi connectivity index (χ0v) is 8.01. The number of aromatic nitrogens is 3. The molecule has 0 fully saturated rings. The van der Waals surface area contributed by atoms with Gasteiger partial charge in [-0.05, 0) is 11.6 Å². The highest BCUT2D eigenvalue weighted by Crippen LogP contribution is 2.27. The summed E-state index contributed by atoms with van der Waals surface area (Å²) in [7, 11) is 0. The van der Waals surface area contributed by atoms with Gasteiger partial charge in [0.25, 0.3) is 0 Å². The minimum Gasteiger partial charge on any atom is -0.365 e. The fourth-order valence-corrected chi connectivity index (χ4v) is 1.77. The lowest BCUT2D eigenvalue weighted by Crippen LogP contribution is -1.91. The van der Waals surface area contributed by atoms with Crippen molar-refractivity contribution in [2.45, 2.75) is 6.54 Å². The van der Waals surface area contributed by atoms with Gasteiger partial charge in [-0.1, -0.05) is 18.3 Å². The molecule has 2 aromatic heterocycles. The number of hydrogen-bond donors (Lipinski definition) is 1. The van der Waals surface area contributed by atoms with Gasteiger partial charge in [-0.15, -0.1) is 0 Å². The van der Waals surface area contributed by atoms with E-state index >= 15 is 0 Å². The van der Waals surface area contributed by atoms with E-state index in [0.29, 0.717) is 10.3 Å². The number of nitrogens with one attached hydrogen (secondary N) is 1. The van der Waals surface area contributed by atoms with E-state index in [-0.39, 0.29) is 0 Å². The highest BCUT2D eigenvalue weighted by Gasteiger charge is 2.14. The van der Waals surface area contributed by atoms with Crippen LogP contribution in [-0.4, -0.2) is 15.0 Å². The molecule has 3 rings (SSSR count). The molecule has 0 amide bonds. The maximum atomic E-state index is 5.04. The molecular weight excluding hydrogens is 196 g/mol. The molecule has 0 saturated heterocycles. The van der Waals surface area contributed by atoms with Crippen molar-refractivity contribution in [1.82, 2.24) is 15.0 Å². The number of rotatable bonds is 0. The van der Waals surface area contributed by atoms with Gasteiger partial charge in [0.15, 0.2) is 5.65 Å². The first-order valence-corrected chi connectivity index (χ1v) is 4.64. The largest absolute Gasteiger partial charge is 0.365 e. The summed E-state index contributed by atoms with van der Waals surface area (Å²) in [6.07, 6.45) is 1.50. The standard InChI is InChI=1S/C9H6N4S/c14-6-2-1-5-3-10-8-7(5)9(13-6)12-4-11-8/h1-2,4H,3H2,(H,10,11,12,13,14). The van der Waals surface area contributed by atoms with E-state index < -0.39 is 0 Å². The smallest absolute Gasteiger partial charge is 0.166 e. The van der Waals surface area contributed by atoms with Crippen molar-refractivity contribution in [2.24, 2.45) is 0 Å². The maximum Gasteiger partial charge on any atom is 0.166 e. The van der Waals surface area contributed by atoms with Gasteiger partial charge in [0, 0.05) is 6.54 Å². The minimum atomic E-state index is 0.563. The lowest BCUT2D eigenvalue weighted by atomic mass is 10.2. The Morgan fingerprint density at radius 3 is 3.14 bits per heavy atom. The van der Waals surface area contributed by atoms with Crippen LogP contribution in [0.1, 0.15) is 5.56 Å². The summed E-state index contributed by atoms with van der Waals surface area (Å²) in [5.74, 6) is 0.850. The Kier molecular flexibility index (Phi) is 1.49. The fraction of sp³-hybridized carbons (Fsp3) is 0.111. The van der Waals surface area contributed by atoms with E-state index in [1.165, 1.54) is 6.33 Å². The van der Waals surface area contributed by atoms with Crippen LogP contribution in [0.4, 0.5) is 5.82 Å².